The van der Waals surface area contributed by atoms with Gasteiger partial charge in [-0.3, -0.25) is 28.8 Å². The first-order valence-electron chi connectivity index (χ1n) is 32.7. The number of rotatable bonds is 17. The van der Waals surface area contributed by atoms with Gasteiger partial charge >= 0.3 is 0 Å². The van der Waals surface area contributed by atoms with Gasteiger partial charge in [-0.05, 0) is 112 Å². The molecular weight excluding hydrogens is 1390 g/mol. The third-order valence-corrected chi connectivity index (χ3v) is 18.2. The summed E-state index contributed by atoms with van der Waals surface area (Å²) in [4.78, 5) is 97.4. The van der Waals surface area contributed by atoms with E-state index in [1.165, 1.54) is 0 Å². The van der Waals surface area contributed by atoms with Gasteiger partial charge in [0.05, 0.1) is 66.4 Å². The van der Waals surface area contributed by atoms with Gasteiger partial charge in [-0.2, -0.15) is 25.5 Å². The molecule has 14 rings (SSSR count). The quantitative estimate of drug-likeness (QED) is 0.0615. The van der Waals surface area contributed by atoms with Gasteiger partial charge in [0.25, 0.3) is 34.4 Å². The molecule has 0 aliphatic heterocycles. The Hall–Kier alpha value is -11.8. The van der Waals surface area contributed by atoms with E-state index in [-0.39, 0.29) is 60.3 Å². The zero-order chi connectivity index (χ0) is 73.1. The van der Waals surface area contributed by atoms with Crippen molar-refractivity contribution in [3.05, 3.63) is 243 Å². The van der Waals surface area contributed by atoms with Crippen molar-refractivity contribution in [2.75, 3.05) is 0 Å². The van der Waals surface area contributed by atoms with Gasteiger partial charge in [0.15, 0.2) is 28.6 Å². The van der Waals surface area contributed by atoms with Crippen molar-refractivity contribution in [2.24, 2.45) is 0 Å². The number of nitrogens with zero attached hydrogens (tertiary/aromatic N) is 17. The number of fused-ring (bicyclic) bond motifs is 6. The number of halogens is 3. The number of amides is 3. The molecule has 0 spiro atoms. The van der Waals surface area contributed by atoms with E-state index in [0.29, 0.717) is 159 Å². The molecule has 0 fully saturated rings. The van der Waals surface area contributed by atoms with Crippen LogP contribution in [-0.2, 0) is 37.9 Å². The van der Waals surface area contributed by atoms with Gasteiger partial charge in [-0.25, -0.2) is 28.5 Å². The highest BCUT2D eigenvalue weighted by Gasteiger charge is 2.28. The van der Waals surface area contributed by atoms with Crippen LogP contribution >= 0.6 is 34.8 Å². The van der Waals surface area contributed by atoms with Gasteiger partial charge in [0, 0.05) is 98.6 Å². The maximum Gasteiger partial charge on any atom is 0.260 e. The van der Waals surface area contributed by atoms with E-state index >= 15 is 0 Å². The molecule has 104 heavy (non-hydrogen) atoms. The van der Waals surface area contributed by atoms with Crippen LogP contribution in [0.2, 0.25) is 15.1 Å². The van der Waals surface area contributed by atoms with Crippen molar-refractivity contribution < 1.29 is 18.9 Å². The van der Waals surface area contributed by atoms with Crippen LogP contribution in [0.1, 0.15) is 156 Å². The van der Waals surface area contributed by atoms with Crippen LogP contribution in [0.15, 0.2) is 147 Å². The fraction of sp³-hybridized carbons (Fsp3) is 0.274. The molecule has 3 atom stereocenters. The van der Waals surface area contributed by atoms with Crippen molar-refractivity contribution >= 4 is 102 Å². The van der Waals surface area contributed by atoms with Crippen molar-refractivity contribution in [1.82, 2.24) is 104 Å². The molecule has 0 aliphatic rings. The molecule has 0 unspecified atom stereocenters. The summed E-state index contributed by atoms with van der Waals surface area (Å²) < 4.78 is 14.9. The lowest BCUT2D eigenvalue weighted by molar-refractivity contribution is 0.0930. The van der Waals surface area contributed by atoms with E-state index in [2.05, 4.69) is 82.9 Å². The lowest BCUT2D eigenvalue weighted by atomic mass is 9.97. The maximum absolute atomic E-state index is 13.7. The van der Waals surface area contributed by atoms with Gasteiger partial charge in [0.2, 0.25) is 5.89 Å². The summed E-state index contributed by atoms with van der Waals surface area (Å²) in [5.41, 5.74) is 5.12. The number of carbonyl (C=O) groups excluding carboxylic acids is 3. The molecule has 14 aromatic rings. The minimum Gasteiger partial charge on any atom is -0.344 e. The second kappa shape index (κ2) is 30.8. The summed E-state index contributed by atoms with van der Waals surface area (Å²) in [6.45, 7) is 17.6. The molecule has 0 saturated heterocycles. The van der Waals surface area contributed by atoms with Crippen LogP contribution in [0.4, 0.5) is 0 Å². The predicted molar refractivity (Wildman–Crippen MR) is 395 cm³/mol. The highest BCUT2D eigenvalue weighted by Crippen LogP contribution is 2.29. The first-order valence-corrected chi connectivity index (χ1v) is 33.8. The zero-order valence-corrected chi connectivity index (χ0v) is 59.5. The number of carbonyl (C=O) groups is 3. The molecule has 532 valence electrons. The minimum atomic E-state index is -0.521. The van der Waals surface area contributed by atoms with Crippen molar-refractivity contribution in [3.63, 3.8) is 0 Å². The number of tetrazole rings is 1. The first-order chi connectivity index (χ1) is 49.4. The van der Waals surface area contributed by atoms with E-state index in [4.69, 9.17) is 45.7 Å². The molecule has 11 aromatic heterocycles. The molecule has 0 radical (unpaired) electrons. The smallest absolute Gasteiger partial charge is 0.260 e. The number of pyridine rings is 3. The summed E-state index contributed by atoms with van der Waals surface area (Å²) in [7, 11) is 0. The van der Waals surface area contributed by atoms with Gasteiger partial charge in [-0.15, -0.1) is 22.5 Å². The number of H-pyrrole nitrogens is 1. The van der Waals surface area contributed by atoms with Gasteiger partial charge in [-0.1, -0.05) is 110 Å². The van der Waals surface area contributed by atoms with Crippen LogP contribution in [0.25, 0.3) is 49.3 Å². The summed E-state index contributed by atoms with van der Waals surface area (Å²) in [5.74, 6) is 3.08. The Morgan fingerprint density at radius 1 is 0.558 bits per heavy atom. The van der Waals surface area contributed by atoms with Crippen LogP contribution < -0.4 is 32.6 Å². The minimum absolute atomic E-state index is 0. The largest absolute Gasteiger partial charge is 0.344 e. The maximum atomic E-state index is 13.7. The third kappa shape index (κ3) is 14.9. The molecule has 3 aromatic carbocycles. The predicted octanol–water partition coefficient (Wildman–Crippen LogP) is 10.8. The Labute approximate surface area is 608 Å². The fourth-order valence-electron chi connectivity index (χ4n) is 12.3. The highest BCUT2D eigenvalue weighted by molar-refractivity contribution is 6.36. The molecule has 28 nitrogen and oxygen atoms in total. The highest BCUT2D eigenvalue weighted by atomic mass is 35.5. The average Bonchev–Trinajstić information content (AvgIpc) is 1.13. The average molecular weight is 1460 g/mol. The third-order valence-electron chi connectivity index (χ3n) is 17.2. The molecule has 0 aliphatic carbocycles. The Kier molecular flexibility index (Phi) is 21.7. The standard InChI is InChI=1S/C27H28ClN7O3.C23H20ClN5O2.C22H20ClN9O2.CH4/c1-15(30-24(36)21-16(2)32-35-12-7-11-29-23(21)35)19-14-17-8-6-9-18(28)22(17)25(37)34(19)13-10-20-31-26(38-33-20)27(3,4)5;1-4-5-11-28-18(13-16-8-6-9-17(24)20(16)23(28)31)14(2)26-22(30)19-15(3)27-29-12-7-10-25-21(19)29;1-12(25-21(33)18-13(2)28-32-9-4-8-24-20(18)32)16-11-14-5-3-6-15(23)19(14)22(34)31(16)10-7-17-26-29-30-27-17;/h6-9,11-12,14-15H,10,13H2,1-5H3,(H,30,36);1,6-10,12-14H,5,11H2,2-3H3,(H,26,30);3-6,8-9,11-12H,7,10H2,1-2H3,(H,25,33)(H,26,27,29,30);1H4/t15-;14-;12-;/m000./s1. The number of hydrogen-bond acceptors (Lipinski definition) is 18. The number of aryl methyl sites for hydroxylation is 5. The van der Waals surface area contributed by atoms with E-state index in [0.717, 1.165) is 0 Å². The van der Waals surface area contributed by atoms with E-state index in [1.54, 1.807) is 140 Å². The molecule has 3 amide bonds. The molecule has 11 heterocycles. The Balaban J connectivity index is 0.000000156. The first kappa shape index (κ1) is 73.4. The summed E-state index contributed by atoms with van der Waals surface area (Å²) in [6, 6.07) is 25.2. The zero-order valence-electron chi connectivity index (χ0n) is 57.3. The molecule has 0 bridgehead atoms. The second-order valence-electron chi connectivity index (χ2n) is 25.4. The number of nitrogens with one attached hydrogen (secondary N) is 4. The van der Waals surface area contributed by atoms with Gasteiger partial charge in [0.1, 0.15) is 16.7 Å². The number of hydrogen-bond donors (Lipinski definition) is 4. The van der Waals surface area contributed by atoms with Crippen LogP contribution in [-0.4, -0.2) is 106 Å². The van der Waals surface area contributed by atoms with Crippen molar-refractivity contribution in [1.29, 1.82) is 0 Å². The Bertz CT molecular complexity index is 5840. The number of benzene rings is 3. The molecule has 4 N–H and O–H groups in total. The van der Waals surface area contributed by atoms with Crippen molar-refractivity contribution in [3.8, 4) is 12.3 Å². The summed E-state index contributed by atoms with van der Waals surface area (Å²) >= 11 is 19.1. The van der Waals surface area contributed by atoms with Crippen molar-refractivity contribution in [2.45, 2.75) is 132 Å². The fourth-order valence-corrected chi connectivity index (χ4v) is 13.0. The number of aromatic nitrogens is 18. The SMILES string of the molecule is C.C#CCCn1c([C@H](C)NC(=O)c2c(C)nn3cccnc23)cc2cccc(Cl)c2c1=O.Cc1nn2cccnc2c1C(=O)N[C@@H](C)c1cc2cccc(Cl)c2c(=O)n1CCc1nn[nH]n1.Cc1nn2cccnc2c1C(=O)N[C@@H](C)c1cc2cccc(Cl)c2c(=O)n1CCc1noc(C(C)(C)C)n1. The normalized spacial score (nSPS) is 12.3. The topological polar surface area (TPSA) is 337 Å². The lowest BCUT2D eigenvalue weighted by Gasteiger charge is -2.21. The van der Waals surface area contributed by atoms with Crippen LogP contribution in [0, 0.1) is 33.1 Å². The Morgan fingerprint density at radius 2 is 0.923 bits per heavy atom. The lowest BCUT2D eigenvalue weighted by Crippen LogP contribution is -2.33. The number of terminal acetylenes is 1. The number of aromatic amines is 1. The monoisotopic (exact) mass is 1460 g/mol. The summed E-state index contributed by atoms with van der Waals surface area (Å²) in [6.07, 6.45) is 16.6. The molecule has 31 heteroatoms. The van der Waals surface area contributed by atoms with Gasteiger partial charge < -0.3 is 34.2 Å². The van der Waals surface area contributed by atoms with E-state index < -0.39 is 18.1 Å². The Morgan fingerprint density at radius 3 is 1.26 bits per heavy atom. The second-order valence-corrected chi connectivity index (χ2v) is 26.6. The summed E-state index contributed by atoms with van der Waals surface area (Å²) in [5, 5.41) is 44.5. The van der Waals surface area contributed by atoms with E-state index in [9.17, 15) is 28.8 Å². The molecule has 0 saturated carbocycles. The van der Waals surface area contributed by atoms with E-state index in [1.807, 2.05) is 77.9 Å². The molecular formula is C73H72Cl3N21O7. The van der Waals surface area contributed by atoms with Crippen LogP contribution in [0.3, 0.4) is 0 Å². The van der Waals surface area contributed by atoms with Crippen LogP contribution in [0.5, 0.6) is 0 Å².